The van der Waals surface area contributed by atoms with Crippen molar-refractivity contribution in [2.24, 2.45) is 0 Å². The fourth-order valence-corrected chi connectivity index (χ4v) is 1.96. The second kappa shape index (κ2) is 4.78. The molecule has 0 radical (unpaired) electrons. The Bertz CT molecular complexity index is 688. The normalized spacial score (nSPS) is 10.2. The van der Waals surface area contributed by atoms with Gasteiger partial charge in [-0.3, -0.25) is 0 Å². The highest BCUT2D eigenvalue weighted by Crippen LogP contribution is 2.31. The molecule has 0 aliphatic carbocycles. The molecule has 4 N–H and O–H groups in total. The summed E-state index contributed by atoms with van der Waals surface area (Å²) in [5.41, 5.74) is 9.91. The van der Waals surface area contributed by atoms with Crippen LogP contribution in [0.25, 0.3) is 11.3 Å². The maximum absolute atomic E-state index is 13.9. The van der Waals surface area contributed by atoms with Crippen molar-refractivity contribution >= 4 is 27.7 Å². The number of nitriles is 1. The first-order valence-corrected chi connectivity index (χ1v) is 5.71. The summed E-state index contributed by atoms with van der Waals surface area (Å²) < 4.78 is 27.9. The van der Waals surface area contributed by atoms with Gasteiger partial charge in [-0.1, -0.05) is 15.9 Å². The van der Waals surface area contributed by atoms with Crippen LogP contribution >= 0.6 is 15.9 Å². The topological polar surface area (TPSA) is 102 Å². The number of anilines is 2. The van der Waals surface area contributed by atoms with E-state index in [-0.39, 0.29) is 27.5 Å². The molecule has 1 aromatic carbocycles. The van der Waals surface area contributed by atoms with Crippen molar-refractivity contribution < 1.29 is 8.78 Å². The summed E-state index contributed by atoms with van der Waals surface area (Å²) in [5, 5.41) is 8.98. The third-order valence-electron chi connectivity index (χ3n) is 2.31. The molecule has 0 bridgehead atoms. The molecule has 2 aromatic rings. The van der Waals surface area contributed by atoms with Gasteiger partial charge in [0.2, 0.25) is 5.95 Å². The molecule has 0 amide bonds. The molecule has 0 saturated carbocycles. The molecular weight excluding hydrogens is 320 g/mol. The number of hydrogen-bond acceptors (Lipinski definition) is 5. The van der Waals surface area contributed by atoms with Crippen LogP contribution in [0.4, 0.5) is 20.5 Å². The van der Waals surface area contributed by atoms with E-state index in [1.807, 2.05) is 0 Å². The first-order chi connectivity index (χ1) is 8.93. The van der Waals surface area contributed by atoms with Crippen LogP contribution in [0.1, 0.15) is 5.56 Å². The summed E-state index contributed by atoms with van der Waals surface area (Å²) >= 11 is 2.96. The lowest BCUT2D eigenvalue weighted by Crippen LogP contribution is -2.06. The number of nitrogen functional groups attached to an aromatic ring is 2. The van der Waals surface area contributed by atoms with E-state index in [0.717, 1.165) is 12.1 Å². The molecule has 0 spiro atoms. The zero-order chi connectivity index (χ0) is 14.2. The Balaban J connectivity index is 2.84. The molecule has 1 heterocycles. The Morgan fingerprint density at radius 2 is 1.74 bits per heavy atom. The van der Waals surface area contributed by atoms with Gasteiger partial charge in [-0.15, -0.1) is 0 Å². The summed E-state index contributed by atoms with van der Waals surface area (Å²) in [4.78, 5) is 7.27. The summed E-state index contributed by atoms with van der Waals surface area (Å²) in [6, 6.07) is 3.81. The maximum atomic E-state index is 13.9. The average Bonchev–Trinajstić information content (AvgIpc) is 2.26. The summed E-state index contributed by atoms with van der Waals surface area (Å²) in [5.74, 6) is -2.28. The minimum atomic E-state index is -0.888. The molecule has 96 valence electrons. The summed E-state index contributed by atoms with van der Waals surface area (Å²) in [6.07, 6.45) is 0. The zero-order valence-corrected chi connectivity index (χ0v) is 10.9. The summed E-state index contributed by atoms with van der Waals surface area (Å²) in [7, 11) is 0. The molecular formula is C11H6BrF2N5. The Hall–Kier alpha value is -2.27. The van der Waals surface area contributed by atoms with Gasteiger partial charge in [0.1, 0.15) is 34.8 Å². The van der Waals surface area contributed by atoms with Crippen LogP contribution in [-0.2, 0) is 0 Å². The van der Waals surface area contributed by atoms with Crippen molar-refractivity contribution in [3.63, 3.8) is 0 Å². The van der Waals surface area contributed by atoms with Crippen molar-refractivity contribution in [2.45, 2.75) is 0 Å². The number of benzene rings is 1. The minimum absolute atomic E-state index is 0.222. The Kier molecular flexibility index (Phi) is 3.31. The maximum Gasteiger partial charge on any atom is 0.222 e. The van der Waals surface area contributed by atoms with Crippen molar-refractivity contribution in [3.8, 4) is 17.3 Å². The minimum Gasteiger partial charge on any atom is -0.382 e. The first kappa shape index (κ1) is 13.2. The molecule has 19 heavy (non-hydrogen) atoms. The SMILES string of the molecule is N#Cc1c(N)nc(N)nc1-c1c(F)cc(Br)cc1F. The lowest BCUT2D eigenvalue weighted by atomic mass is 10.1. The fourth-order valence-electron chi connectivity index (χ4n) is 1.56. The third kappa shape index (κ3) is 2.32. The van der Waals surface area contributed by atoms with E-state index in [0.29, 0.717) is 0 Å². The van der Waals surface area contributed by atoms with E-state index in [1.165, 1.54) is 0 Å². The number of hydrogen-bond donors (Lipinski definition) is 2. The second-order valence-electron chi connectivity index (χ2n) is 3.55. The molecule has 0 fully saturated rings. The molecule has 5 nitrogen and oxygen atoms in total. The molecule has 0 aliphatic rings. The van der Waals surface area contributed by atoms with Gasteiger partial charge in [0.25, 0.3) is 0 Å². The first-order valence-electron chi connectivity index (χ1n) is 4.92. The average molecular weight is 326 g/mol. The molecule has 0 atom stereocenters. The Morgan fingerprint density at radius 1 is 1.16 bits per heavy atom. The van der Waals surface area contributed by atoms with Crippen LogP contribution in [0.15, 0.2) is 16.6 Å². The zero-order valence-electron chi connectivity index (χ0n) is 9.28. The lowest BCUT2D eigenvalue weighted by molar-refractivity contribution is 0.587. The van der Waals surface area contributed by atoms with Crippen LogP contribution in [0, 0.1) is 23.0 Å². The van der Waals surface area contributed by atoms with Crippen molar-refractivity contribution in [1.82, 2.24) is 9.97 Å². The van der Waals surface area contributed by atoms with Crippen molar-refractivity contribution in [3.05, 3.63) is 33.8 Å². The molecule has 0 saturated heterocycles. The quantitative estimate of drug-likeness (QED) is 0.837. The molecule has 8 heteroatoms. The fraction of sp³-hybridized carbons (Fsp3) is 0. The van der Waals surface area contributed by atoms with Crippen LogP contribution in [0.3, 0.4) is 0 Å². The van der Waals surface area contributed by atoms with E-state index in [1.54, 1.807) is 6.07 Å². The van der Waals surface area contributed by atoms with Crippen LogP contribution in [0.5, 0.6) is 0 Å². The standard InChI is InChI=1S/C11H6BrF2N5/c12-4-1-6(13)8(7(14)2-4)9-5(3-15)10(16)19-11(17)18-9/h1-2H,(H4,16,17,18,19). The highest BCUT2D eigenvalue weighted by Gasteiger charge is 2.20. The number of nitrogens with two attached hydrogens (primary N) is 2. The van der Waals surface area contributed by atoms with Crippen LogP contribution < -0.4 is 11.5 Å². The second-order valence-corrected chi connectivity index (χ2v) is 4.46. The van der Waals surface area contributed by atoms with Crippen LogP contribution in [-0.4, -0.2) is 9.97 Å². The molecule has 2 rings (SSSR count). The number of aromatic nitrogens is 2. The smallest absolute Gasteiger partial charge is 0.222 e. The number of rotatable bonds is 1. The van der Waals surface area contributed by atoms with Crippen molar-refractivity contribution in [1.29, 1.82) is 5.26 Å². The predicted molar refractivity (Wildman–Crippen MR) is 68.6 cm³/mol. The van der Waals surface area contributed by atoms with Gasteiger partial charge in [-0.25, -0.2) is 13.8 Å². The number of nitrogens with zero attached hydrogens (tertiary/aromatic N) is 3. The Morgan fingerprint density at radius 3 is 2.26 bits per heavy atom. The number of halogens is 3. The molecule has 1 aromatic heterocycles. The largest absolute Gasteiger partial charge is 0.382 e. The van der Waals surface area contributed by atoms with E-state index < -0.39 is 17.2 Å². The van der Waals surface area contributed by atoms with Gasteiger partial charge in [0, 0.05) is 4.47 Å². The third-order valence-corrected chi connectivity index (χ3v) is 2.77. The predicted octanol–water partition coefficient (Wildman–Crippen LogP) is 2.22. The highest BCUT2D eigenvalue weighted by molar-refractivity contribution is 9.10. The van der Waals surface area contributed by atoms with Gasteiger partial charge in [-0.05, 0) is 12.1 Å². The van der Waals surface area contributed by atoms with Gasteiger partial charge in [-0.2, -0.15) is 10.2 Å². The van der Waals surface area contributed by atoms with E-state index in [2.05, 4.69) is 25.9 Å². The van der Waals surface area contributed by atoms with Gasteiger partial charge in [0.15, 0.2) is 0 Å². The Labute approximate surface area is 115 Å². The molecule has 0 aliphatic heterocycles. The highest BCUT2D eigenvalue weighted by atomic mass is 79.9. The summed E-state index contributed by atoms with van der Waals surface area (Å²) in [6.45, 7) is 0. The monoisotopic (exact) mass is 325 g/mol. The lowest BCUT2D eigenvalue weighted by Gasteiger charge is -2.09. The van der Waals surface area contributed by atoms with Gasteiger partial charge >= 0.3 is 0 Å². The van der Waals surface area contributed by atoms with Gasteiger partial charge < -0.3 is 11.5 Å². The van der Waals surface area contributed by atoms with Crippen LogP contribution in [0.2, 0.25) is 0 Å². The van der Waals surface area contributed by atoms with Crippen molar-refractivity contribution in [2.75, 3.05) is 11.5 Å². The molecule has 0 unspecified atom stereocenters. The van der Waals surface area contributed by atoms with E-state index in [9.17, 15) is 8.78 Å². The van der Waals surface area contributed by atoms with E-state index in [4.69, 9.17) is 16.7 Å². The van der Waals surface area contributed by atoms with E-state index >= 15 is 0 Å². The van der Waals surface area contributed by atoms with Gasteiger partial charge in [0.05, 0.1) is 5.56 Å².